The molecule has 0 bridgehead atoms. The fraction of sp³-hybridized carbons (Fsp3) is 0.312. The third-order valence-corrected chi connectivity index (χ3v) is 3.52. The molecule has 2 aromatic carbocycles. The van der Waals surface area contributed by atoms with Gasteiger partial charge in [0.2, 0.25) is 0 Å². The molecule has 0 saturated heterocycles. The molecule has 4 nitrogen and oxygen atoms in total. The first kappa shape index (κ1) is 16.0. The van der Waals surface area contributed by atoms with Crippen LogP contribution < -0.4 is 10.6 Å². The van der Waals surface area contributed by atoms with Gasteiger partial charge in [0.1, 0.15) is 0 Å². The van der Waals surface area contributed by atoms with Gasteiger partial charge in [0.15, 0.2) is 5.96 Å². The molecule has 1 atom stereocenters. The molecule has 0 aromatic heterocycles. The molecular weight excluding hydrogens is 377 g/mol. The van der Waals surface area contributed by atoms with Gasteiger partial charge in [0.05, 0.1) is 6.10 Å². The van der Waals surface area contributed by atoms with Gasteiger partial charge in [-0.2, -0.15) is 0 Å². The van der Waals surface area contributed by atoms with Crippen molar-refractivity contribution in [1.82, 2.24) is 10.6 Å². The Morgan fingerprint density at radius 2 is 2.00 bits per heavy atom. The Kier molecular flexibility index (Phi) is 5.81. The number of aliphatic imine (C=N–C) groups is 1. The average molecular weight is 397 g/mol. The van der Waals surface area contributed by atoms with E-state index < -0.39 is 6.10 Å². The minimum atomic E-state index is -0.536. The molecule has 0 fully saturated rings. The number of aliphatic hydroxyl groups is 1. The maximum atomic E-state index is 10.3. The largest absolute Gasteiger partial charge is 0.387 e. The third kappa shape index (κ3) is 4.07. The topological polar surface area (TPSA) is 56.6 Å². The average Bonchev–Trinajstić information content (AvgIpc) is 2.53. The van der Waals surface area contributed by atoms with Gasteiger partial charge >= 0.3 is 0 Å². The zero-order valence-corrected chi connectivity index (χ0v) is 14.1. The summed E-state index contributed by atoms with van der Waals surface area (Å²) in [6, 6.07) is 14.2. The number of hydrogen-bond donors (Lipinski definition) is 3. The molecule has 112 valence electrons. The highest BCUT2D eigenvalue weighted by molar-refractivity contribution is 14.0. The number of aliphatic hydroxyl groups excluding tert-OH is 1. The number of hydrogen-bond acceptors (Lipinski definition) is 4. The van der Waals surface area contributed by atoms with Gasteiger partial charge in [-0.3, -0.25) is 4.99 Å². The van der Waals surface area contributed by atoms with E-state index in [0.717, 1.165) is 36.4 Å². The minimum Gasteiger partial charge on any atom is -0.387 e. The maximum absolute atomic E-state index is 10.3. The van der Waals surface area contributed by atoms with Crippen LogP contribution in [-0.4, -0.2) is 30.7 Å². The van der Waals surface area contributed by atoms with E-state index in [0.29, 0.717) is 6.54 Å². The van der Waals surface area contributed by atoms with Crippen LogP contribution in [0.2, 0.25) is 0 Å². The molecule has 1 heterocycles. The number of nitrogens with zero attached hydrogens (tertiary/aromatic N) is 1. The summed E-state index contributed by atoms with van der Waals surface area (Å²) in [5, 5.41) is 18.9. The van der Waals surface area contributed by atoms with Gasteiger partial charge in [-0.15, -0.1) is 24.0 Å². The van der Waals surface area contributed by atoms with Crippen LogP contribution in [0.25, 0.3) is 10.8 Å². The smallest absolute Gasteiger partial charge is 0.191 e. The lowest BCUT2D eigenvalue weighted by molar-refractivity contribution is 0.181. The van der Waals surface area contributed by atoms with Crippen LogP contribution in [0.5, 0.6) is 0 Å². The van der Waals surface area contributed by atoms with Crippen molar-refractivity contribution in [3.63, 3.8) is 0 Å². The molecule has 1 aliphatic heterocycles. The molecular formula is C16H20IN3O. The highest BCUT2D eigenvalue weighted by Gasteiger charge is 2.10. The van der Waals surface area contributed by atoms with E-state index >= 15 is 0 Å². The lowest BCUT2D eigenvalue weighted by Gasteiger charge is -2.18. The molecule has 0 saturated carbocycles. The quantitative estimate of drug-likeness (QED) is 0.698. The molecule has 1 unspecified atom stereocenters. The lowest BCUT2D eigenvalue weighted by Crippen LogP contribution is -2.42. The van der Waals surface area contributed by atoms with Crippen LogP contribution in [0.3, 0.4) is 0 Å². The lowest BCUT2D eigenvalue weighted by atomic mass is 10.0. The van der Waals surface area contributed by atoms with Crippen molar-refractivity contribution in [3.05, 3.63) is 48.0 Å². The third-order valence-electron chi connectivity index (χ3n) is 3.52. The summed E-state index contributed by atoms with van der Waals surface area (Å²) in [4.78, 5) is 4.33. The fourth-order valence-corrected chi connectivity index (χ4v) is 2.38. The molecule has 2 aromatic rings. The second kappa shape index (κ2) is 7.61. The predicted octanol–water partition coefficient (Wildman–Crippen LogP) is 2.43. The zero-order chi connectivity index (χ0) is 13.8. The van der Waals surface area contributed by atoms with Crippen LogP contribution in [0.1, 0.15) is 18.1 Å². The van der Waals surface area contributed by atoms with Gasteiger partial charge in [-0.1, -0.05) is 36.4 Å². The van der Waals surface area contributed by atoms with Crippen LogP contribution in [-0.2, 0) is 0 Å². The van der Waals surface area contributed by atoms with Crippen molar-refractivity contribution >= 4 is 40.7 Å². The van der Waals surface area contributed by atoms with Gasteiger partial charge < -0.3 is 15.7 Å². The Balaban J connectivity index is 0.00000161. The van der Waals surface area contributed by atoms with Crippen molar-refractivity contribution in [2.45, 2.75) is 12.5 Å². The van der Waals surface area contributed by atoms with Gasteiger partial charge in [0, 0.05) is 19.6 Å². The van der Waals surface area contributed by atoms with Crippen LogP contribution >= 0.6 is 24.0 Å². The monoisotopic (exact) mass is 397 g/mol. The van der Waals surface area contributed by atoms with Crippen molar-refractivity contribution in [3.8, 4) is 0 Å². The summed E-state index contributed by atoms with van der Waals surface area (Å²) in [5.74, 6) is 0.788. The number of nitrogens with one attached hydrogen (secondary N) is 2. The standard InChI is InChI=1S/C16H19N3O.HI/c20-15(11-19-16-17-8-3-9-18-16)14-7-6-12-4-1-2-5-13(12)10-14;/h1-2,4-7,10,15,20H,3,8-9,11H2,(H2,17,18,19);1H. The number of halogens is 1. The van der Waals surface area contributed by atoms with Gasteiger partial charge in [0.25, 0.3) is 0 Å². The Bertz CT molecular complexity index is 630. The van der Waals surface area contributed by atoms with E-state index in [1.807, 2.05) is 30.3 Å². The Morgan fingerprint density at radius 3 is 2.76 bits per heavy atom. The zero-order valence-electron chi connectivity index (χ0n) is 11.7. The summed E-state index contributed by atoms with van der Waals surface area (Å²) in [6.07, 6.45) is 0.532. The number of benzene rings is 2. The summed E-state index contributed by atoms with van der Waals surface area (Å²) < 4.78 is 0. The van der Waals surface area contributed by atoms with E-state index in [1.54, 1.807) is 0 Å². The first-order valence-corrected chi connectivity index (χ1v) is 7.02. The molecule has 0 amide bonds. The Morgan fingerprint density at radius 1 is 1.19 bits per heavy atom. The van der Waals surface area contributed by atoms with Gasteiger partial charge in [-0.05, 0) is 28.8 Å². The summed E-state index contributed by atoms with van der Waals surface area (Å²) in [5.41, 5.74) is 0.924. The molecule has 0 aliphatic carbocycles. The summed E-state index contributed by atoms with van der Waals surface area (Å²) >= 11 is 0. The molecule has 5 heteroatoms. The molecule has 3 N–H and O–H groups in total. The van der Waals surface area contributed by atoms with Crippen LogP contribution in [0, 0.1) is 0 Å². The van der Waals surface area contributed by atoms with Crippen molar-refractivity contribution in [1.29, 1.82) is 0 Å². The van der Waals surface area contributed by atoms with Crippen molar-refractivity contribution in [2.24, 2.45) is 4.99 Å². The summed E-state index contributed by atoms with van der Waals surface area (Å²) in [7, 11) is 0. The predicted molar refractivity (Wildman–Crippen MR) is 97.2 cm³/mol. The van der Waals surface area contributed by atoms with Crippen LogP contribution in [0.15, 0.2) is 47.5 Å². The maximum Gasteiger partial charge on any atom is 0.191 e. The van der Waals surface area contributed by atoms with Crippen LogP contribution in [0.4, 0.5) is 0 Å². The highest BCUT2D eigenvalue weighted by atomic mass is 127. The van der Waals surface area contributed by atoms with Gasteiger partial charge in [-0.25, -0.2) is 0 Å². The first-order valence-electron chi connectivity index (χ1n) is 7.02. The SMILES string of the molecule is I.OC(CNC1=NCCCN1)c1ccc2ccccc2c1. The second-order valence-corrected chi connectivity index (χ2v) is 5.01. The second-order valence-electron chi connectivity index (χ2n) is 5.01. The van der Waals surface area contributed by atoms with E-state index in [-0.39, 0.29) is 24.0 Å². The fourth-order valence-electron chi connectivity index (χ4n) is 2.38. The molecule has 21 heavy (non-hydrogen) atoms. The van der Waals surface area contributed by atoms with E-state index in [2.05, 4.69) is 27.8 Å². The Hall–Kier alpha value is -1.34. The highest BCUT2D eigenvalue weighted by Crippen LogP contribution is 2.20. The van der Waals surface area contributed by atoms with E-state index in [9.17, 15) is 5.11 Å². The van der Waals surface area contributed by atoms with Crippen molar-refractivity contribution in [2.75, 3.05) is 19.6 Å². The summed E-state index contributed by atoms with van der Waals surface area (Å²) in [6.45, 7) is 2.25. The molecule has 0 spiro atoms. The van der Waals surface area contributed by atoms with E-state index in [1.165, 1.54) is 5.39 Å². The number of fused-ring (bicyclic) bond motifs is 1. The molecule has 1 aliphatic rings. The molecule has 0 radical (unpaired) electrons. The molecule has 3 rings (SSSR count). The number of rotatable bonds is 3. The van der Waals surface area contributed by atoms with E-state index in [4.69, 9.17) is 0 Å². The normalized spacial score (nSPS) is 15.6. The number of guanidine groups is 1. The Labute approximate surface area is 141 Å². The first-order chi connectivity index (χ1) is 9.83. The minimum absolute atomic E-state index is 0. The van der Waals surface area contributed by atoms with Crippen molar-refractivity contribution < 1.29 is 5.11 Å².